The highest BCUT2D eigenvalue weighted by atomic mass is 35.5. The lowest BCUT2D eigenvalue weighted by atomic mass is 9.77. The first kappa shape index (κ1) is 11.7. The minimum Gasteiger partial charge on any atom is -0.506 e. The summed E-state index contributed by atoms with van der Waals surface area (Å²) in [6.07, 6.45) is 4.68. The zero-order valence-corrected chi connectivity index (χ0v) is 10.3. The number of aryl methyl sites for hydroxylation is 1. The zero-order valence-electron chi connectivity index (χ0n) is 9.59. The Balaban J connectivity index is 2.50. The predicted molar refractivity (Wildman–Crippen MR) is 67.1 cm³/mol. The lowest BCUT2D eigenvalue weighted by Gasteiger charge is -2.30. The fourth-order valence-corrected chi connectivity index (χ4v) is 3.09. The summed E-state index contributed by atoms with van der Waals surface area (Å²) in [7, 11) is 0. The van der Waals surface area contributed by atoms with Gasteiger partial charge in [0.25, 0.3) is 0 Å². The molecule has 3 N–H and O–H groups in total. The average Bonchev–Trinajstić information content (AvgIpc) is 2.73. The molecule has 1 fully saturated rings. The zero-order chi connectivity index (χ0) is 11.8. The first-order valence-electron chi connectivity index (χ1n) is 5.79. The van der Waals surface area contributed by atoms with Gasteiger partial charge in [-0.1, -0.05) is 24.4 Å². The largest absolute Gasteiger partial charge is 0.506 e. The maximum atomic E-state index is 9.72. The van der Waals surface area contributed by atoms with Crippen LogP contribution in [0.5, 0.6) is 5.75 Å². The first-order chi connectivity index (χ1) is 7.59. The van der Waals surface area contributed by atoms with E-state index in [4.69, 9.17) is 17.3 Å². The molecule has 0 saturated heterocycles. The van der Waals surface area contributed by atoms with E-state index < -0.39 is 0 Å². The third kappa shape index (κ3) is 1.80. The average molecular weight is 240 g/mol. The minimum atomic E-state index is 0.0617. The Morgan fingerprint density at radius 1 is 1.38 bits per heavy atom. The lowest BCUT2D eigenvalue weighted by Crippen LogP contribution is -2.32. The fraction of sp³-hybridized carbons (Fsp3) is 0.538. The van der Waals surface area contributed by atoms with E-state index in [1.807, 2.05) is 13.0 Å². The second-order valence-electron chi connectivity index (χ2n) is 4.81. The Morgan fingerprint density at radius 3 is 2.56 bits per heavy atom. The molecule has 0 heterocycles. The molecule has 88 valence electrons. The van der Waals surface area contributed by atoms with Crippen molar-refractivity contribution in [1.82, 2.24) is 0 Å². The monoisotopic (exact) mass is 239 g/mol. The number of rotatable bonds is 2. The molecule has 2 rings (SSSR count). The Labute approximate surface area is 101 Å². The molecule has 1 aromatic rings. The van der Waals surface area contributed by atoms with E-state index in [1.165, 1.54) is 18.4 Å². The van der Waals surface area contributed by atoms with Crippen molar-refractivity contribution in [2.75, 3.05) is 6.54 Å². The second-order valence-corrected chi connectivity index (χ2v) is 5.22. The number of phenolic OH excluding ortho intramolecular Hbond substituents is 1. The molecule has 1 aromatic carbocycles. The Kier molecular flexibility index (Phi) is 3.13. The van der Waals surface area contributed by atoms with Gasteiger partial charge in [0.1, 0.15) is 5.75 Å². The molecular weight excluding hydrogens is 222 g/mol. The SMILES string of the molecule is Cc1cc(Cl)c(O)cc1C1(CN)CCCC1. The van der Waals surface area contributed by atoms with Gasteiger partial charge in [-0.05, 0) is 43.0 Å². The van der Waals surface area contributed by atoms with Crippen LogP contribution in [0.1, 0.15) is 36.8 Å². The van der Waals surface area contributed by atoms with Crippen LogP contribution < -0.4 is 5.73 Å². The molecule has 0 aliphatic heterocycles. The standard InChI is InChI=1S/C13H18ClNO/c1-9-6-11(14)12(16)7-10(9)13(8-15)4-2-3-5-13/h6-7,16H,2-5,8,15H2,1H3. The molecule has 0 unspecified atom stereocenters. The number of hydrogen-bond acceptors (Lipinski definition) is 2. The minimum absolute atomic E-state index is 0.0617. The van der Waals surface area contributed by atoms with Crippen LogP contribution in [0.15, 0.2) is 12.1 Å². The topological polar surface area (TPSA) is 46.2 Å². The molecular formula is C13H18ClNO. The molecule has 1 aliphatic carbocycles. The molecule has 0 aromatic heterocycles. The third-order valence-electron chi connectivity index (χ3n) is 3.82. The predicted octanol–water partition coefficient (Wildman–Crippen LogP) is 3.12. The molecule has 0 amide bonds. The molecule has 1 saturated carbocycles. The summed E-state index contributed by atoms with van der Waals surface area (Å²) in [6.45, 7) is 2.69. The summed E-state index contributed by atoms with van der Waals surface area (Å²) in [6, 6.07) is 3.64. The summed E-state index contributed by atoms with van der Waals surface area (Å²) in [4.78, 5) is 0. The summed E-state index contributed by atoms with van der Waals surface area (Å²) >= 11 is 5.90. The number of hydrogen-bond donors (Lipinski definition) is 2. The van der Waals surface area contributed by atoms with E-state index >= 15 is 0 Å². The van der Waals surface area contributed by atoms with E-state index in [1.54, 1.807) is 6.07 Å². The lowest BCUT2D eigenvalue weighted by molar-refractivity contribution is 0.439. The molecule has 2 nitrogen and oxygen atoms in total. The van der Waals surface area contributed by atoms with Gasteiger partial charge in [-0.15, -0.1) is 0 Å². The van der Waals surface area contributed by atoms with Crippen molar-refractivity contribution in [3.05, 3.63) is 28.3 Å². The summed E-state index contributed by atoms with van der Waals surface area (Å²) in [5.74, 6) is 0.169. The molecule has 0 atom stereocenters. The molecule has 16 heavy (non-hydrogen) atoms. The van der Waals surface area contributed by atoms with Gasteiger partial charge in [-0.3, -0.25) is 0 Å². The van der Waals surface area contributed by atoms with Crippen LogP contribution in [0.4, 0.5) is 0 Å². The molecule has 0 radical (unpaired) electrons. The van der Waals surface area contributed by atoms with E-state index in [0.717, 1.165) is 18.4 Å². The Morgan fingerprint density at radius 2 is 2.00 bits per heavy atom. The highest BCUT2D eigenvalue weighted by Crippen LogP contribution is 2.43. The molecule has 1 aliphatic rings. The van der Waals surface area contributed by atoms with Crippen LogP contribution in [0.25, 0.3) is 0 Å². The van der Waals surface area contributed by atoms with Gasteiger partial charge in [0.05, 0.1) is 5.02 Å². The van der Waals surface area contributed by atoms with Crippen molar-refractivity contribution in [2.45, 2.75) is 38.0 Å². The second kappa shape index (κ2) is 4.27. The van der Waals surface area contributed by atoms with E-state index in [2.05, 4.69) is 0 Å². The third-order valence-corrected chi connectivity index (χ3v) is 4.12. The number of halogens is 1. The van der Waals surface area contributed by atoms with Crippen LogP contribution in [-0.2, 0) is 5.41 Å². The van der Waals surface area contributed by atoms with Crippen molar-refractivity contribution >= 4 is 11.6 Å². The van der Waals surface area contributed by atoms with Gasteiger partial charge < -0.3 is 10.8 Å². The van der Waals surface area contributed by atoms with Crippen LogP contribution in [0, 0.1) is 6.92 Å². The van der Waals surface area contributed by atoms with Gasteiger partial charge in [-0.25, -0.2) is 0 Å². The number of aromatic hydroxyl groups is 1. The van der Waals surface area contributed by atoms with E-state index in [-0.39, 0.29) is 11.2 Å². The number of benzene rings is 1. The summed E-state index contributed by atoms with van der Waals surface area (Å²) in [5.41, 5.74) is 8.31. The Hall–Kier alpha value is -0.730. The maximum absolute atomic E-state index is 9.72. The van der Waals surface area contributed by atoms with Crippen molar-refractivity contribution < 1.29 is 5.11 Å². The summed E-state index contributed by atoms with van der Waals surface area (Å²) in [5, 5.41) is 10.1. The number of nitrogens with two attached hydrogens (primary N) is 1. The molecule has 0 spiro atoms. The van der Waals surface area contributed by atoms with Crippen LogP contribution in [0.3, 0.4) is 0 Å². The van der Waals surface area contributed by atoms with Crippen molar-refractivity contribution in [3.63, 3.8) is 0 Å². The fourth-order valence-electron chi connectivity index (χ4n) is 2.87. The van der Waals surface area contributed by atoms with Gasteiger partial charge in [0.15, 0.2) is 0 Å². The van der Waals surface area contributed by atoms with Crippen molar-refractivity contribution in [3.8, 4) is 5.75 Å². The van der Waals surface area contributed by atoms with Crippen LogP contribution >= 0.6 is 11.6 Å². The highest BCUT2D eigenvalue weighted by molar-refractivity contribution is 6.32. The van der Waals surface area contributed by atoms with Crippen molar-refractivity contribution in [2.24, 2.45) is 5.73 Å². The normalized spacial score (nSPS) is 18.9. The van der Waals surface area contributed by atoms with Gasteiger partial charge >= 0.3 is 0 Å². The molecule has 0 bridgehead atoms. The maximum Gasteiger partial charge on any atom is 0.134 e. The van der Waals surface area contributed by atoms with Gasteiger partial charge in [0.2, 0.25) is 0 Å². The van der Waals surface area contributed by atoms with Crippen molar-refractivity contribution in [1.29, 1.82) is 0 Å². The van der Waals surface area contributed by atoms with Gasteiger partial charge in [0, 0.05) is 12.0 Å². The Bertz CT molecular complexity index is 397. The van der Waals surface area contributed by atoms with Crippen LogP contribution in [0.2, 0.25) is 5.02 Å². The summed E-state index contributed by atoms with van der Waals surface area (Å²) < 4.78 is 0. The van der Waals surface area contributed by atoms with E-state index in [0.29, 0.717) is 11.6 Å². The number of phenols is 1. The van der Waals surface area contributed by atoms with Gasteiger partial charge in [-0.2, -0.15) is 0 Å². The van der Waals surface area contributed by atoms with Crippen LogP contribution in [-0.4, -0.2) is 11.7 Å². The molecule has 3 heteroatoms. The quantitative estimate of drug-likeness (QED) is 0.833. The highest BCUT2D eigenvalue weighted by Gasteiger charge is 2.35. The smallest absolute Gasteiger partial charge is 0.134 e. The first-order valence-corrected chi connectivity index (χ1v) is 6.16. The van der Waals surface area contributed by atoms with E-state index in [9.17, 15) is 5.11 Å².